The van der Waals surface area contributed by atoms with Gasteiger partial charge in [-0.1, -0.05) is 24.3 Å². The van der Waals surface area contributed by atoms with Crippen LogP contribution in [-0.4, -0.2) is 33.3 Å². The van der Waals surface area contributed by atoms with Gasteiger partial charge in [-0.05, 0) is 30.7 Å². The van der Waals surface area contributed by atoms with Crippen LogP contribution in [0.4, 0.5) is 17.1 Å². The Morgan fingerprint density at radius 1 is 1.22 bits per heavy atom. The molecule has 0 unspecified atom stereocenters. The van der Waals surface area contributed by atoms with Crippen LogP contribution in [0.5, 0.6) is 5.75 Å². The van der Waals surface area contributed by atoms with Crippen molar-refractivity contribution in [3.63, 3.8) is 0 Å². The second-order valence-electron chi connectivity index (χ2n) is 5.88. The minimum atomic E-state index is -0.128. The lowest BCUT2D eigenvalue weighted by Gasteiger charge is -2.18. The molecule has 1 amide bonds. The number of carbonyl (C=O) groups excluding carboxylic acids is 1. The first-order valence-corrected chi connectivity index (χ1v) is 8.67. The number of nitrogens with one attached hydrogen (secondary N) is 2. The lowest BCUT2D eigenvalue weighted by Crippen LogP contribution is -2.12. The number of hydrogen-bond donors (Lipinski definition) is 2. The normalized spacial score (nSPS) is 11.4. The fourth-order valence-electron chi connectivity index (χ4n) is 2.69. The number of nitrogens with zero attached hydrogens (tertiary/aromatic N) is 2. The van der Waals surface area contributed by atoms with Crippen molar-refractivity contribution in [2.45, 2.75) is 13.8 Å². The van der Waals surface area contributed by atoms with Crippen LogP contribution in [0.15, 0.2) is 53.6 Å². The minimum absolute atomic E-state index is 0.128. The van der Waals surface area contributed by atoms with Crippen molar-refractivity contribution in [1.29, 1.82) is 0 Å². The summed E-state index contributed by atoms with van der Waals surface area (Å²) in [6.45, 7) is 3.45. The van der Waals surface area contributed by atoms with Crippen LogP contribution in [0, 0.1) is 0 Å². The lowest BCUT2D eigenvalue weighted by atomic mass is 10.0. The maximum absolute atomic E-state index is 11.2. The smallest absolute Gasteiger partial charge is 0.221 e. The number of hydrazone groups is 1. The van der Waals surface area contributed by atoms with Crippen molar-refractivity contribution in [3.05, 3.63) is 54.1 Å². The summed E-state index contributed by atoms with van der Waals surface area (Å²) in [5.41, 5.74) is 4.59. The van der Waals surface area contributed by atoms with Crippen LogP contribution >= 0.6 is 0 Å². The zero-order chi connectivity index (χ0) is 19.8. The second-order valence-corrected chi connectivity index (χ2v) is 5.88. The number of carbonyl (C=O) groups is 1. The Kier molecular flexibility index (Phi) is 7.00. The van der Waals surface area contributed by atoms with E-state index in [2.05, 4.69) is 21.8 Å². The number of rotatable bonds is 7. The summed E-state index contributed by atoms with van der Waals surface area (Å²) in [6.07, 6.45) is 3.84. The van der Waals surface area contributed by atoms with Gasteiger partial charge in [0.05, 0.1) is 13.3 Å². The monoisotopic (exact) mass is 366 g/mol. The zero-order valence-corrected chi connectivity index (χ0v) is 16.4. The summed E-state index contributed by atoms with van der Waals surface area (Å²) in [6, 6.07) is 13.5. The third-order valence-corrected chi connectivity index (χ3v) is 4.04. The Hall–Kier alpha value is -3.28. The molecule has 0 aliphatic heterocycles. The molecule has 0 aromatic heterocycles. The first-order valence-electron chi connectivity index (χ1n) is 8.67. The van der Waals surface area contributed by atoms with Gasteiger partial charge in [0, 0.05) is 44.0 Å². The van der Waals surface area contributed by atoms with E-state index >= 15 is 0 Å². The number of methoxy groups -OCH3 is 1. The topological polar surface area (TPSA) is 66.0 Å². The Morgan fingerprint density at radius 3 is 2.59 bits per heavy atom. The predicted molar refractivity (Wildman–Crippen MR) is 114 cm³/mol. The fourth-order valence-corrected chi connectivity index (χ4v) is 2.69. The molecule has 0 saturated heterocycles. The van der Waals surface area contributed by atoms with Gasteiger partial charge < -0.3 is 15.4 Å². The first kappa shape index (κ1) is 20.0. The van der Waals surface area contributed by atoms with E-state index in [1.54, 1.807) is 18.2 Å². The molecule has 0 bridgehead atoms. The average molecular weight is 366 g/mol. The van der Waals surface area contributed by atoms with Crippen LogP contribution in [0.3, 0.4) is 0 Å². The van der Waals surface area contributed by atoms with E-state index in [4.69, 9.17) is 4.74 Å². The zero-order valence-electron chi connectivity index (χ0n) is 16.4. The molecule has 6 nitrogen and oxygen atoms in total. The number of ether oxygens (including phenoxy) is 1. The summed E-state index contributed by atoms with van der Waals surface area (Å²) in [5, 5.41) is 12.2. The van der Waals surface area contributed by atoms with E-state index in [0.29, 0.717) is 11.4 Å². The molecule has 2 rings (SSSR count). The number of amides is 1. The van der Waals surface area contributed by atoms with Crippen LogP contribution in [-0.2, 0) is 4.79 Å². The van der Waals surface area contributed by atoms with E-state index in [1.807, 2.05) is 63.6 Å². The van der Waals surface area contributed by atoms with Gasteiger partial charge in [0.25, 0.3) is 0 Å². The summed E-state index contributed by atoms with van der Waals surface area (Å²) in [4.78, 5) is 11.2. The van der Waals surface area contributed by atoms with Gasteiger partial charge in [0.2, 0.25) is 5.91 Å². The van der Waals surface area contributed by atoms with E-state index in [-0.39, 0.29) is 5.91 Å². The summed E-state index contributed by atoms with van der Waals surface area (Å²) in [7, 11) is 5.34. The van der Waals surface area contributed by atoms with Crippen LogP contribution < -0.4 is 20.4 Å². The molecular weight excluding hydrogens is 340 g/mol. The van der Waals surface area contributed by atoms with Crippen molar-refractivity contribution in [1.82, 2.24) is 0 Å². The van der Waals surface area contributed by atoms with E-state index in [1.165, 1.54) is 6.92 Å². The molecule has 2 aromatic rings. The highest BCUT2D eigenvalue weighted by atomic mass is 16.5. The molecule has 0 spiro atoms. The summed E-state index contributed by atoms with van der Waals surface area (Å²) in [5.74, 6) is 0.496. The van der Waals surface area contributed by atoms with Crippen molar-refractivity contribution < 1.29 is 9.53 Å². The van der Waals surface area contributed by atoms with Gasteiger partial charge in [-0.3, -0.25) is 9.80 Å². The average Bonchev–Trinajstić information content (AvgIpc) is 2.68. The van der Waals surface area contributed by atoms with Crippen molar-refractivity contribution in [3.8, 4) is 5.75 Å². The summed E-state index contributed by atoms with van der Waals surface area (Å²) >= 11 is 0. The maximum Gasteiger partial charge on any atom is 0.221 e. The van der Waals surface area contributed by atoms with Gasteiger partial charge >= 0.3 is 0 Å². The third-order valence-electron chi connectivity index (χ3n) is 4.04. The minimum Gasteiger partial charge on any atom is -0.494 e. The molecule has 27 heavy (non-hydrogen) atoms. The molecule has 0 aliphatic carbocycles. The van der Waals surface area contributed by atoms with Gasteiger partial charge in [-0.25, -0.2) is 0 Å². The van der Waals surface area contributed by atoms with Crippen LogP contribution in [0.2, 0.25) is 0 Å². The largest absolute Gasteiger partial charge is 0.494 e. The molecule has 6 heteroatoms. The predicted octanol–water partition coefficient (Wildman–Crippen LogP) is 4.22. The van der Waals surface area contributed by atoms with Crippen molar-refractivity contribution in [2.24, 2.45) is 5.10 Å². The molecule has 0 atom stereocenters. The highest BCUT2D eigenvalue weighted by Gasteiger charge is 2.10. The molecule has 0 fully saturated rings. The standard InChI is InChI=1S/C21H26N4O2/c1-6-16(18-9-7-8-10-19(18)22-3)14-23-25(4)20-12-11-17(24-15(2)26)13-21(20)27-5/h6-14,22H,1-5H3,(H,24,26)/b16-6-,23-14-. The summed E-state index contributed by atoms with van der Waals surface area (Å²) < 4.78 is 5.45. The Bertz CT molecular complexity index is 859. The molecule has 0 radical (unpaired) electrons. The van der Waals surface area contributed by atoms with E-state index in [9.17, 15) is 4.79 Å². The van der Waals surface area contributed by atoms with Crippen LogP contribution in [0.1, 0.15) is 19.4 Å². The molecule has 0 aliphatic rings. The van der Waals surface area contributed by atoms with Gasteiger partial charge in [0.1, 0.15) is 11.4 Å². The van der Waals surface area contributed by atoms with Gasteiger partial charge in [-0.15, -0.1) is 0 Å². The van der Waals surface area contributed by atoms with E-state index < -0.39 is 0 Å². The molecule has 2 N–H and O–H groups in total. The Morgan fingerprint density at radius 2 is 1.96 bits per heavy atom. The highest BCUT2D eigenvalue weighted by molar-refractivity contribution is 6.12. The first-order chi connectivity index (χ1) is 13.0. The van der Waals surface area contributed by atoms with Crippen molar-refractivity contribution in [2.75, 3.05) is 36.8 Å². The SMILES string of the molecule is C/C=C(/C=N\N(C)c1ccc(NC(C)=O)cc1OC)c1ccccc1NC. The maximum atomic E-state index is 11.2. The Balaban J connectivity index is 2.27. The fraction of sp³-hybridized carbons (Fsp3) is 0.238. The highest BCUT2D eigenvalue weighted by Crippen LogP contribution is 2.31. The van der Waals surface area contributed by atoms with Gasteiger partial charge in [0.15, 0.2) is 0 Å². The van der Waals surface area contributed by atoms with Crippen LogP contribution in [0.25, 0.3) is 5.57 Å². The molecular formula is C21H26N4O2. The molecule has 142 valence electrons. The van der Waals surface area contributed by atoms with Gasteiger partial charge in [-0.2, -0.15) is 5.10 Å². The number of allylic oxidation sites excluding steroid dienone is 2. The van der Waals surface area contributed by atoms with Crippen molar-refractivity contribution >= 4 is 34.8 Å². The molecule has 0 heterocycles. The lowest BCUT2D eigenvalue weighted by molar-refractivity contribution is -0.114. The molecule has 0 saturated carbocycles. The number of para-hydroxylation sites is 1. The quantitative estimate of drug-likeness (QED) is 0.569. The number of anilines is 3. The molecule has 2 aromatic carbocycles. The number of hydrogen-bond acceptors (Lipinski definition) is 5. The van der Waals surface area contributed by atoms with E-state index in [0.717, 1.165) is 22.5 Å². The Labute approximate surface area is 160 Å². The second kappa shape index (κ2) is 9.43. The number of benzene rings is 2. The third kappa shape index (κ3) is 5.10.